The number of carbonyl (C=O) groups is 5. The molecule has 3 fully saturated rings. The Balaban J connectivity index is 0.761. The van der Waals surface area contributed by atoms with E-state index >= 15 is 0 Å². The monoisotopic (exact) mass is 814 g/mol. The number of ether oxygens (including phenoxy) is 3. The number of piperidine rings is 2. The van der Waals surface area contributed by atoms with E-state index in [-0.39, 0.29) is 67.8 Å². The lowest BCUT2D eigenvalue weighted by Crippen LogP contribution is -2.54. The lowest BCUT2D eigenvalue weighted by atomic mass is 9.86. The van der Waals surface area contributed by atoms with Gasteiger partial charge < -0.3 is 29.7 Å². The van der Waals surface area contributed by atoms with Crippen LogP contribution < -0.4 is 26.4 Å². The molecule has 4 aliphatic rings. The van der Waals surface area contributed by atoms with Gasteiger partial charge in [0, 0.05) is 43.7 Å². The van der Waals surface area contributed by atoms with E-state index in [4.69, 9.17) is 14.2 Å². The molecule has 0 radical (unpaired) electrons. The zero-order chi connectivity index (χ0) is 41.1. The highest BCUT2D eigenvalue weighted by Gasteiger charge is 2.45. The Morgan fingerprint density at radius 1 is 0.864 bits per heavy atom. The van der Waals surface area contributed by atoms with Crippen molar-refractivity contribution in [3.63, 3.8) is 0 Å². The Hall–Kier alpha value is -5.39. The fourth-order valence-electron chi connectivity index (χ4n) is 8.43. The van der Waals surface area contributed by atoms with Crippen LogP contribution in [-0.4, -0.2) is 126 Å². The van der Waals surface area contributed by atoms with Crippen LogP contribution in [0.25, 0.3) is 5.69 Å². The van der Waals surface area contributed by atoms with Gasteiger partial charge in [0.25, 0.3) is 17.7 Å². The Bertz CT molecular complexity index is 2040. The summed E-state index contributed by atoms with van der Waals surface area (Å²) < 4.78 is 18.3. The molecule has 0 spiro atoms. The molecule has 59 heavy (non-hydrogen) atoms. The van der Waals surface area contributed by atoms with Gasteiger partial charge in [0.1, 0.15) is 17.6 Å². The van der Waals surface area contributed by atoms with Crippen LogP contribution in [-0.2, 0) is 23.9 Å². The molecule has 3 aliphatic heterocycles. The zero-order valence-electron chi connectivity index (χ0n) is 33.4. The number of aromatic amines is 1. The van der Waals surface area contributed by atoms with Gasteiger partial charge in [0.2, 0.25) is 11.8 Å². The van der Waals surface area contributed by atoms with Gasteiger partial charge >= 0.3 is 5.69 Å². The van der Waals surface area contributed by atoms with E-state index in [0.717, 1.165) is 43.3 Å². The summed E-state index contributed by atoms with van der Waals surface area (Å²) in [7, 11) is 0. The van der Waals surface area contributed by atoms with Crippen molar-refractivity contribution in [2.75, 3.05) is 71.1 Å². The molecule has 4 heterocycles. The number of rotatable bonds is 19. The van der Waals surface area contributed by atoms with Crippen molar-refractivity contribution in [1.29, 1.82) is 0 Å². The molecule has 7 rings (SSSR count). The van der Waals surface area contributed by atoms with Crippen LogP contribution in [0.2, 0.25) is 0 Å². The molecule has 316 valence electrons. The first kappa shape index (κ1) is 41.8. The van der Waals surface area contributed by atoms with Gasteiger partial charge in [-0.1, -0.05) is 44.2 Å². The minimum Gasteiger partial charge on any atom is -0.484 e. The number of anilines is 1. The molecule has 1 aliphatic carbocycles. The zero-order valence-corrected chi connectivity index (χ0v) is 33.4. The van der Waals surface area contributed by atoms with Crippen molar-refractivity contribution in [2.45, 2.75) is 76.2 Å². The molecular formula is C42H54N8O9. The molecule has 1 unspecified atom stereocenters. The smallest absolute Gasteiger partial charge is 0.348 e. The van der Waals surface area contributed by atoms with E-state index in [0.29, 0.717) is 42.7 Å². The summed E-state index contributed by atoms with van der Waals surface area (Å²) in [5.74, 6) is -0.377. The number of benzene rings is 2. The summed E-state index contributed by atoms with van der Waals surface area (Å²) in [6.45, 7) is 4.65. The molecule has 1 saturated carbocycles. The minimum absolute atomic E-state index is 0.0508. The quantitative estimate of drug-likeness (QED) is 0.102. The second-order valence-electron chi connectivity index (χ2n) is 15.6. The molecule has 0 bridgehead atoms. The SMILES string of the molecule is O=C(COc1cccc(-n2nc([C@H]3CCCN(CCC4CCCCC4)C3)[nH]c2=O)c1)NCCOCCOCCNc1cccc2c1C(=O)N(C1CCC(=O)NC1=O)C2=O. The number of amides is 5. The molecule has 2 aromatic carbocycles. The van der Waals surface area contributed by atoms with Gasteiger partial charge in [-0.25, -0.2) is 4.79 Å². The number of hydrogen-bond donors (Lipinski definition) is 4. The van der Waals surface area contributed by atoms with E-state index in [9.17, 15) is 28.8 Å². The third kappa shape index (κ3) is 10.6. The van der Waals surface area contributed by atoms with Crippen LogP contribution in [0.1, 0.15) is 96.7 Å². The largest absolute Gasteiger partial charge is 0.484 e. The van der Waals surface area contributed by atoms with Crippen molar-refractivity contribution in [2.24, 2.45) is 5.92 Å². The Morgan fingerprint density at radius 3 is 2.47 bits per heavy atom. The Morgan fingerprint density at radius 2 is 1.66 bits per heavy atom. The van der Waals surface area contributed by atoms with Gasteiger partial charge in [-0.15, -0.1) is 5.10 Å². The fraction of sp³-hybridized carbons (Fsp3) is 0.548. The number of likely N-dealkylation sites (tertiary alicyclic amines) is 1. The highest BCUT2D eigenvalue weighted by molar-refractivity contribution is 6.25. The Labute approximate surface area is 342 Å². The second kappa shape index (κ2) is 20.0. The number of imide groups is 2. The molecule has 2 atom stereocenters. The maximum absolute atomic E-state index is 13.2. The topological polar surface area (TPSA) is 206 Å². The van der Waals surface area contributed by atoms with Crippen molar-refractivity contribution in [1.82, 2.24) is 35.2 Å². The van der Waals surface area contributed by atoms with Crippen LogP contribution in [0.4, 0.5) is 5.69 Å². The van der Waals surface area contributed by atoms with Gasteiger partial charge in [0.15, 0.2) is 6.61 Å². The summed E-state index contributed by atoms with van der Waals surface area (Å²) in [6.07, 6.45) is 10.3. The predicted octanol–water partition coefficient (Wildman–Crippen LogP) is 2.75. The Kier molecular flexibility index (Phi) is 14.2. The maximum atomic E-state index is 13.2. The normalized spacial score (nSPS) is 20.1. The number of H-pyrrole nitrogens is 1. The molecule has 4 N–H and O–H groups in total. The van der Waals surface area contributed by atoms with Crippen LogP contribution in [0.5, 0.6) is 5.75 Å². The van der Waals surface area contributed by atoms with Crippen molar-refractivity contribution in [3.8, 4) is 11.4 Å². The number of carbonyl (C=O) groups excluding carboxylic acids is 5. The first-order valence-electron chi connectivity index (χ1n) is 20.9. The number of fused-ring (bicyclic) bond motifs is 1. The third-order valence-electron chi connectivity index (χ3n) is 11.5. The molecule has 17 heteroatoms. The first-order valence-corrected chi connectivity index (χ1v) is 20.9. The van der Waals surface area contributed by atoms with Gasteiger partial charge in [-0.2, -0.15) is 4.68 Å². The highest BCUT2D eigenvalue weighted by Crippen LogP contribution is 2.33. The highest BCUT2D eigenvalue weighted by atomic mass is 16.5. The standard InChI is InChI=1S/C42H54N8O9/c51-35-15-14-34(39(53)45-35)49-40(54)32-12-5-13-33(37(32)41(49)55)43-17-21-57-23-24-58-22-18-44-36(52)27-59-31-11-4-10-30(25-31)50-42(56)46-38(47-50)29-9-6-19-48(26-29)20-16-28-7-2-1-3-8-28/h4-5,10-13,25,28-29,34,43H,1-3,6-9,14-24,26-27H2,(H,44,52)(H,45,51,53)(H,46,47,56)/t29-,34?/m0/s1. The number of nitrogens with zero attached hydrogens (tertiary/aromatic N) is 4. The third-order valence-corrected chi connectivity index (χ3v) is 11.5. The van der Waals surface area contributed by atoms with Crippen LogP contribution in [0.15, 0.2) is 47.3 Å². The summed E-state index contributed by atoms with van der Waals surface area (Å²) in [4.78, 5) is 82.0. The number of nitrogens with one attached hydrogen (secondary N) is 4. The van der Waals surface area contributed by atoms with Crippen LogP contribution >= 0.6 is 0 Å². The maximum Gasteiger partial charge on any atom is 0.348 e. The van der Waals surface area contributed by atoms with E-state index in [1.165, 1.54) is 49.3 Å². The molecule has 5 amide bonds. The van der Waals surface area contributed by atoms with E-state index < -0.39 is 29.7 Å². The van der Waals surface area contributed by atoms with Crippen molar-refractivity contribution < 1.29 is 38.2 Å². The van der Waals surface area contributed by atoms with Gasteiger partial charge in [-0.05, 0) is 69.0 Å². The summed E-state index contributed by atoms with van der Waals surface area (Å²) in [6, 6.07) is 10.8. The molecule has 1 aromatic heterocycles. The summed E-state index contributed by atoms with van der Waals surface area (Å²) in [5.41, 5.74) is 1.09. The van der Waals surface area contributed by atoms with Crippen molar-refractivity contribution >= 4 is 35.2 Å². The second-order valence-corrected chi connectivity index (χ2v) is 15.6. The lowest BCUT2D eigenvalue weighted by Gasteiger charge is -2.33. The molecule has 3 aromatic rings. The summed E-state index contributed by atoms with van der Waals surface area (Å²) >= 11 is 0. The average molecular weight is 815 g/mol. The van der Waals surface area contributed by atoms with Crippen LogP contribution in [0.3, 0.4) is 0 Å². The van der Waals surface area contributed by atoms with E-state index in [1.54, 1.807) is 36.4 Å². The van der Waals surface area contributed by atoms with E-state index in [1.807, 2.05) is 0 Å². The predicted molar refractivity (Wildman–Crippen MR) is 216 cm³/mol. The fourth-order valence-corrected chi connectivity index (χ4v) is 8.43. The molecule has 2 saturated heterocycles. The first-order chi connectivity index (χ1) is 28.7. The van der Waals surface area contributed by atoms with Gasteiger partial charge in [0.05, 0.1) is 43.2 Å². The number of aromatic nitrogens is 3. The molecule has 17 nitrogen and oxygen atoms in total. The van der Waals surface area contributed by atoms with E-state index in [2.05, 4.69) is 30.9 Å². The average Bonchev–Trinajstić information content (AvgIpc) is 3.76. The minimum atomic E-state index is -1.03. The lowest BCUT2D eigenvalue weighted by molar-refractivity contribution is -0.136. The van der Waals surface area contributed by atoms with Gasteiger partial charge in [-0.3, -0.25) is 39.2 Å². The van der Waals surface area contributed by atoms with Crippen molar-refractivity contribution in [3.05, 3.63) is 69.9 Å². The molecular weight excluding hydrogens is 761 g/mol. The summed E-state index contributed by atoms with van der Waals surface area (Å²) in [5, 5.41) is 12.8. The number of hydrogen-bond acceptors (Lipinski definition) is 12. The van der Waals surface area contributed by atoms with Crippen LogP contribution in [0, 0.1) is 5.92 Å².